The number of thiophene rings is 1. The van der Waals surface area contributed by atoms with E-state index in [1.807, 2.05) is 11.9 Å². The molecule has 6 aromatic rings. The first-order valence-corrected chi connectivity index (χ1v) is 15.6. The molecule has 0 bridgehead atoms. The third-order valence-electron chi connectivity index (χ3n) is 7.64. The number of amides is 2. The third-order valence-corrected chi connectivity index (χ3v) is 8.95. The number of nitrogens with zero attached hydrogens (tertiary/aromatic N) is 6. The van der Waals surface area contributed by atoms with Crippen molar-refractivity contribution < 1.29 is 18.4 Å². The van der Waals surface area contributed by atoms with Gasteiger partial charge < -0.3 is 10.2 Å². The molecule has 246 valence electrons. The number of benzene rings is 3. The number of para-hydroxylation sites is 1. The highest BCUT2D eigenvalue weighted by Gasteiger charge is 2.25. The largest absolute Gasteiger partial charge is 0.343 e. The van der Waals surface area contributed by atoms with Gasteiger partial charge in [-0.25, -0.2) is 28.4 Å². The van der Waals surface area contributed by atoms with E-state index in [2.05, 4.69) is 25.8 Å². The first-order valence-electron chi connectivity index (χ1n) is 14.8. The summed E-state index contributed by atoms with van der Waals surface area (Å²) in [6, 6.07) is 18.3. The minimum absolute atomic E-state index is 0.251. The fourth-order valence-corrected chi connectivity index (χ4v) is 6.66. The first-order chi connectivity index (χ1) is 23.2. The Bertz CT molecular complexity index is 2160. The van der Waals surface area contributed by atoms with Gasteiger partial charge in [-0.2, -0.15) is 15.0 Å². The Kier molecular flexibility index (Phi) is 9.52. The second-order valence-electron chi connectivity index (χ2n) is 10.8. The maximum atomic E-state index is 15.0. The van der Waals surface area contributed by atoms with Crippen molar-refractivity contribution in [3.05, 3.63) is 129 Å². The topological polar surface area (TPSA) is 128 Å². The molecule has 2 N–H and O–H groups in total. The normalized spacial score (nSPS) is 11.4. The Morgan fingerprint density at radius 1 is 0.938 bits per heavy atom. The zero-order valence-electron chi connectivity index (χ0n) is 25.9. The van der Waals surface area contributed by atoms with Gasteiger partial charge in [-0.05, 0) is 54.6 Å². The van der Waals surface area contributed by atoms with Crippen molar-refractivity contribution in [2.75, 3.05) is 26.0 Å². The number of anilines is 1. The molecule has 0 radical (unpaired) electrons. The molecule has 12 nitrogen and oxygen atoms in total. The molecule has 15 heteroatoms. The minimum Gasteiger partial charge on any atom is -0.306 e. The lowest BCUT2D eigenvalue weighted by Crippen LogP contribution is -2.39. The maximum absolute atomic E-state index is 15.0. The molecule has 6 rings (SSSR count). The quantitative estimate of drug-likeness (QED) is 0.193. The third kappa shape index (κ3) is 6.64. The molecule has 0 aliphatic heterocycles. The van der Waals surface area contributed by atoms with Gasteiger partial charge in [0.25, 0.3) is 5.56 Å². The molecule has 0 aliphatic rings. The SMILES string of the molecule is CONC(=O)Nc1ccc(-c2sc3c(c2CN(C)CCn2nccn2)c(=O)n(-c2ccccc2)c(=O)n3Cc2c(F)cccc2F)cc1. The number of aromatic nitrogens is 5. The molecular formula is C33H30F2N8O4S. The van der Waals surface area contributed by atoms with Crippen molar-refractivity contribution in [3.63, 3.8) is 0 Å². The number of fused-ring (bicyclic) bond motifs is 1. The predicted molar refractivity (Wildman–Crippen MR) is 178 cm³/mol. The van der Waals surface area contributed by atoms with Crippen molar-refractivity contribution in [1.82, 2.24) is 34.5 Å². The number of urea groups is 1. The Morgan fingerprint density at radius 2 is 1.62 bits per heavy atom. The summed E-state index contributed by atoms with van der Waals surface area (Å²) in [7, 11) is 3.21. The Labute approximate surface area is 276 Å². The number of carbonyl (C=O) groups is 1. The van der Waals surface area contributed by atoms with Crippen molar-refractivity contribution in [2.45, 2.75) is 19.6 Å². The van der Waals surface area contributed by atoms with Crippen LogP contribution in [0.2, 0.25) is 0 Å². The van der Waals surface area contributed by atoms with Gasteiger partial charge in [0.15, 0.2) is 0 Å². The van der Waals surface area contributed by atoms with Gasteiger partial charge in [0.1, 0.15) is 16.5 Å². The smallest absolute Gasteiger partial charge is 0.306 e. The Morgan fingerprint density at radius 3 is 2.29 bits per heavy atom. The average molecular weight is 673 g/mol. The van der Waals surface area contributed by atoms with Crippen molar-refractivity contribution in [3.8, 4) is 16.1 Å². The number of carbonyl (C=O) groups excluding carboxylic acids is 1. The van der Waals surface area contributed by atoms with E-state index in [1.165, 1.54) is 29.1 Å². The van der Waals surface area contributed by atoms with Crippen molar-refractivity contribution in [2.24, 2.45) is 0 Å². The van der Waals surface area contributed by atoms with E-state index in [4.69, 9.17) is 0 Å². The highest BCUT2D eigenvalue weighted by molar-refractivity contribution is 7.22. The van der Waals surface area contributed by atoms with E-state index in [0.717, 1.165) is 16.7 Å². The summed E-state index contributed by atoms with van der Waals surface area (Å²) in [5, 5.41) is 11.2. The fraction of sp³-hybridized carbons (Fsp3) is 0.182. The number of rotatable bonds is 11. The van der Waals surface area contributed by atoms with Crippen molar-refractivity contribution in [1.29, 1.82) is 0 Å². The van der Waals surface area contributed by atoms with Crippen LogP contribution in [0.25, 0.3) is 26.3 Å². The van der Waals surface area contributed by atoms with E-state index in [9.17, 15) is 23.2 Å². The van der Waals surface area contributed by atoms with Crippen LogP contribution < -0.4 is 22.0 Å². The van der Waals surface area contributed by atoms with Gasteiger partial charge in [0.05, 0.1) is 43.7 Å². The summed E-state index contributed by atoms with van der Waals surface area (Å²) in [5.41, 5.74) is 2.73. The van der Waals surface area contributed by atoms with Crippen LogP contribution in [0.3, 0.4) is 0 Å². The van der Waals surface area contributed by atoms with Gasteiger partial charge in [-0.15, -0.1) is 11.3 Å². The summed E-state index contributed by atoms with van der Waals surface area (Å²) in [4.78, 5) is 49.7. The summed E-state index contributed by atoms with van der Waals surface area (Å²) in [5.74, 6) is -1.62. The van der Waals surface area contributed by atoms with Crippen LogP contribution in [0.1, 0.15) is 11.1 Å². The molecule has 3 heterocycles. The molecule has 3 aromatic heterocycles. The van der Waals surface area contributed by atoms with E-state index in [1.54, 1.807) is 71.8 Å². The van der Waals surface area contributed by atoms with Gasteiger partial charge >= 0.3 is 11.7 Å². The second-order valence-corrected chi connectivity index (χ2v) is 11.8. The molecule has 0 unspecified atom stereocenters. The number of halogens is 2. The highest BCUT2D eigenvalue weighted by Crippen LogP contribution is 2.38. The first kappa shape index (κ1) is 32.4. The van der Waals surface area contributed by atoms with E-state index in [-0.39, 0.29) is 22.3 Å². The Balaban J connectivity index is 1.56. The number of likely N-dealkylation sites (N-methyl/N-ethyl adjacent to an activating group) is 1. The lowest BCUT2D eigenvalue weighted by molar-refractivity contribution is 0.114. The molecule has 48 heavy (non-hydrogen) atoms. The van der Waals surface area contributed by atoms with Crippen LogP contribution in [-0.4, -0.2) is 55.8 Å². The second kappa shape index (κ2) is 14.1. The molecule has 3 aromatic carbocycles. The van der Waals surface area contributed by atoms with Crippen LogP contribution in [0.4, 0.5) is 19.3 Å². The number of nitrogens with one attached hydrogen (secondary N) is 2. The molecule has 0 spiro atoms. The van der Waals surface area contributed by atoms with E-state index < -0.39 is 35.5 Å². The molecule has 2 amide bonds. The number of hydrogen-bond donors (Lipinski definition) is 2. The molecule has 0 saturated heterocycles. The molecule has 0 aliphatic carbocycles. The minimum atomic E-state index is -0.808. The average Bonchev–Trinajstić information content (AvgIpc) is 3.73. The van der Waals surface area contributed by atoms with E-state index >= 15 is 0 Å². The number of hydroxylamine groups is 1. The molecule has 0 atom stereocenters. The van der Waals surface area contributed by atoms with Crippen LogP contribution in [0, 0.1) is 11.6 Å². The van der Waals surface area contributed by atoms with Crippen molar-refractivity contribution >= 4 is 33.3 Å². The van der Waals surface area contributed by atoms with Gasteiger partial charge in [-0.1, -0.05) is 36.4 Å². The molecule has 0 saturated carbocycles. The Hall–Kier alpha value is -5.51. The number of hydrogen-bond acceptors (Lipinski definition) is 8. The zero-order chi connectivity index (χ0) is 33.8. The monoisotopic (exact) mass is 672 g/mol. The predicted octanol–water partition coefficient (Wildman–Crippen LogP) is 4.61. The van der Waals surface area contributed by atoms with Crippen LogP contribution in [-0.2, 0) is 24.5 Å². The van der Waals surface area contributed by atoms with Crippen LogP contribution >= 0.6 is 11.3 Å². The van der Waals surface area contributed by atoms with Gasteiger partial charge in [0, 0.05) is 29.2 Å². The van der Waals surface area contributed by atoms with E-state index in [0.29, 0.717) is 40.5 Å². The summed E-state index contributed by atoms with van der Waals surface area (Å²) in [6.07, 6.45) is 3.18. The summed E-state index contributed by atoms with van der Waals surface area (Å²) >= 11 is 1.18. The molecular weight excluding hydrogens is 642 g/mol. The highest BCUT2D eigenvalue weighted by atomic mass is 32.1. The fourth-order valence-electron chi connectivity index (χ4n) is 5.36. The lowest BCUT2D eigenvalue weighted by atomic mass is 10.1. The molecule has 0 fully saturated rings. The maximum Gasteiger partial charge on any atom is 0.343 e. The van der Waals surface area contributed by atoms with Gasteiger partial charge in [-0.3, -0.25) is 14.2 Å². The van der Waals surface area contributed by atoms with Crippen LogP contribution in [0.5, 0.6) is 0 Å². The standard InChI is InChI=1S/C33H30F2N8O4S/c1-40(17-18-42-36-15-16-37-42)19-25-28-30(44)43(23-7-4-3-5-8-23)33(46)41(20-24-26(34)9-6-10-27(24)35)31(28)48-29(25)21-11-13-22(14-12-21)38-32(45)39-47-2/h3-16H,17-20H2,1-2H3,(H2,38,39,45). The van der Waals surface area contributed by atoms with Gasteiger partial charge in [0.2, 0.25) is 0 Å². The summed E-state index contributed by atoms with van der Waals surface area (Å²) in [6.45, 7) is 0.841. The lowest BCUT2D eigenvalue weighted by Gasteiger charge is -2.18. The van der Waals surface area contributed by atoms with Crippen LogP contribution in [0.15, 0.2) is 94.8 Å². The zero-order valence-corrected chi connectivity index (χ0v) is 26.7. The summed E-state index contributed by atoms with van der Waals surface area (Å²) < 4.78 is 32.3.